The second kappa shape index (κ2) is 5.85. The maximum atomic E-state index is 12.7. The summed E-state index contributed by atoms with van der Waals surface area (Å²) in [4.78, 5) is 11.4. The third-order valence-electron chi connectivity index (χ3n) is 2.99. The first-order valence-electron chi connectivity index (χ1n) is 6.05. The van der Waals surface area contributed by atoms with Crippen LogP contribution in [0.4, 0.5) is 39.5 Å². The number of rotatable bonds is 2. The van der Waals surface area contributed by atoms with Gasteiger partial charge in [0.25, 0.3) is 0 Å². The van der Waals surface area contributed by atoms with Gasteiger partial charge in [-0.1, -0.05) is 6.07 Å². The van der Waals surface area contributed by atoms with Crippen LogP contribution in [0.2, 0.25) is 0 Å². The Hall–Kier alpha value is -1.94. The van der Waals surface area contributed by atoms with Gasteiger partial charge in [0, 0.05) is 0 Å². The monoisotopic (exact) mass is 368 g/mol. The first-order valence-corrected chi connectivity index (χ1v) is 6.05. The van der Waals surface area contributed by atoms with Gasteiger partial charge in [0.05, 0.1) is 0 Å². The Bertz CT molecular complexity index is 570. The fourth-order valence-corrected chi connectivity index (χ4v) is 2.00. The Balaban J connectivity index is 3.53. The summed E-state index contributed by atoms with van der Waals surface area (Å²) < 4.78 is 118. The maximum absolute atomic E-state index is 12.7. The molecule has 0 bridgehead atoms. The van der Waals surface area contributed by atoms with Crippen molar-refractivity contribution in [2.24, 2.45) is 5.41 Å². The van der Waals surface area contributed by atoms with Crippen molar-refractivity contribution in [2.75, 3.05) is 0 Å². The molecule has 0 aliphatic heterocycles. The van der Waals surface area contributed by atoms with Crippen molar-refractivity contribution in [1.82, 2.24) is 0 Å². The summed E-state index contributed by atoms with van der Waals surface area (Å²) in [7, 11) is 0. The van der Waals surface area contributed by atoms with Crippen LogP contribution in [-0.2, 0) is 4.79 Å². The van der Waals surface area contributed by atoms with Gasteiger partial charge in [-0.2, -0.15) is 39.5 Å². The van der Waals surface area contributed by atoms with Crippen molar-refractivity contribution in [2.45, 2.75) is 32.4 Å². The van der Waals surface area contributed by atoms with Crippen LogP contribution in [0.3, 0.4) is 0 Å². The molecule has 0 unspecified atom stereocenters. The molecular weight excluding hydrogens is 359 g/mol. The van der Waals surface area contributed by atoms with Crippen LogP contribution in [0.25, 0.3) is 0 Å². The van der Waals surface area contributed by atoms with Crippen LogP contribution in [0, 0.1) is 19.3 Å². The number of ether oxygens (including phenoxy) is 1. The molecule has 0 aliphatic rings. The number of hydrogen-bond donors (Lipinski definition) is 0. The summed E-state index contributed by atoms with van der Waals surface area (Å²) in [5, 5.41) is 0. The van der Waals surface area contributed by atoms with Crippen molar-refractivity contribution in [3.8, 4) is 5.75 Å². The molecule has 0 aliphatic carbocycles. The molecule has 24 heavy (non-hydrogen) atoms. The predicted octanol–water partition coefficient (Wildman–Crippen LogP) is 4.88. The van der Waals surface area contributed by atoms with Crippen LogP contribution in [0.15, 0.2) is 18.2 Å². The van der Waals surface area contributed by atoms with E-state index >= 15 is 0 Å². The van der Waals surface area contributed by atoms with Crippen molar-refractivity contribution in [1.29, 1.82) is 0 Å². The van der Waals surface area contributed by atoms with Crippen LogP contribution < -0.4 is 4.74 Å². The molecule has 1 rings (SSSR count). The van der Waals surface area contributed by atoms with Gasteiger partial charge in [-0.3, -0.25) is 0 Å². The molecule has 0 heterocycles. The third-order valence-corrected chi connectivity index (χ3v) is 2.99. The lowest BCUT2D eigenvalue weighted by atomic mass is 9.85. The number of halogens is 9. The number of carbonyl (C=O) groups is 1. The summed E-state index contributed by atoms with van der Waals surface area (Å²) in [6, 6.07) is 3.08. The van der Waals surface area contributed by atoms with E-state index in [4.69, 9.17) is 0 Å². The topological polar surface area (TPSA) is 26.3 Å². The molecular formula is C13H9F9O2. The molecule has 0 fully saturated rings. The van der Waals surface area contributed by atoms with Gasteiger partial charge in [-0.05, 0) is 37.1 Å². The van der Waals surface area contributed by atoms with Gasteiger partial charge in [0.15, 0.2) is 0 Å². The number of alkyl halides is 9. The van der Waals surface area contributed by atoms with E-state index in [1.165, 1.54) is 19.9 Å². The average Bonchev–Trinajstić information content (AvgIpc) is 2.19. The molecule has 0 aromatic heterocycles. The van der Waals surface area contributed by atoms with E-state index < -0.39 is 35.7 Å². The molecule has 1 aromatic carbocycles. The first-order chi connectivity index (χ1) is 10.5. The zero-order valence-electron chi connectivity index (χ0n) is 12.0. The summed E-state index contributed by atoms with van der Waals surface area (Å²) in [5.41, 5.74) is -6.13. The largest absolute Gasteiger partial charge is 0.425 e. The highest BCUT2D eigenvalue weighted by molar-refractivity contribution is 5.82. The smallest absolute Gasteiger partial charge is 0.423 e. The molecule has 136 valence electrons. The first kappa shape index (κ1) is 20.1. The van der Waals surface area contributed by atoms with Gasteiger partial charge in [0.2, 0.25) is 0 Å². The van der Waals surface area contributed by atoms with Gasteiger partial charge >= 0.3 is 29.9 Å². The number of hydrogen-bond acceptors (Lipinski definition) is 2. The second-order valence-corrected chi connectivity index (χ2v) is 4.96. The van der Waals surface area contributed by atoms with Crippen LogP contribution in [0.5, 0.6) is 5.75 Å². The SMILES string of the molecule is Cc1cc(C)cc(OC(=O)C(C(F)(F)F)(C(F)(F)F)C(F)(F)F)c1. The minimum Gasteiger partial charge on any atom is -0.425 e. The highest BCUT2D eigenvalue weighted by Gasteiger charge is 2.89. The fraction of sp³-hybridized carbons (Fsp3) is 0.462. The van der Waals surface area contributed by atoms with E-state index in [0.29, 0.717) is 0 Å². The van der Waals surface area contributed by atoms with Crippen molar-refractivity contribution < 1.29 is 49.0 Å². The summed E-state index contributed by atoms with van der Waals surface area (Å²) >= 11 is 0. The predicted molar refractivity (Wildman–Crippen MR) is 62.1 cm³/mol. The minimum absolute atomic E-state index is 0.259. The molecule has 0 N–H and O–H groups in total. The van der Waals surface area contributed by atoms with Crippen LogP contribution in [0.1, 0.15) is 11.1 Å². The molecule has 1 aromatic rings. The molecule has 2 nitrogen and oxygen atoms in total. The zero-order valence-corrected chi connectivity index (χ0v) is 12.0. The number of aryl methyl sites for hydroxylation is 2. The standard InChI is InChI=1S/C13H9F9O2/c1-6-3-7(2)5-8(4-6)24-9(23)10(11(14,15)16,12(17,18)19)13(20,21)22/h3-5H,1-2H3. The van der Waals surface area contributed by atoms with E-state index in [1.807, 2.05) is 0 Å². The normalized spacial score (nSPS) is 13.8. The van der Waals surface area contributed by atoms with E-state index in [1.54, 1.807) is 0 Å². The molecule has 11 heteroatoms. The van der Waals surface area contributed by atoms with E-state index in [2.05, 4.69) is 4.74 Å². The Morgan fingerprint density at radius 2 is 1.08 bits per heavy atom. The average molecular weight is 368 g/mol. The molecule has 0 radical (unpaired) electrons. The zero-order chi connectivity index (χ0) is 19.1. The van der Waals surface area contributed by atoms with E-state index in [0.717, 1.165) is 12.1 Å². The Morgan fingerprint density at radius 1 is 0.750 bits per heavy atom. The van der Waals surface area contributed by atoms with Gasteiger partial charge in [0.1, 0.15) is 5.75 Å². The lowest BCUT2D eigenvalue weighted by molar-refractivity contribution is -0.410. The van der Waals surface area contributed by atoms with Crippen molar-refractivity contribution in [3.05, 3.63) is 29.3 Å². The third kappa shape index (κ3) is 3.29. The molecule has 0 saturated carbocycles. The van der Waals surface area contributed by atoms with Crippen LogP contribution >= 0.6 is 0 Å². The van der Waals surface area contributed by atoms with Gasteiger partial charge in [-0.15, -0.1) is 0 Å². The Morgan fingerprint density at radius 3 is 1.38 bits per heavy atom. The number of carbonyl (C=O) groups excluding carboxylic acids is 1. The molecule has 0 amide bonds. The van der Waals surface area contributed by atoms with E-state index in [-0.39, 0.29) is 11.1 Å². The van der Waals surface area contributed by atoms with Gasteiger partial charge < -0.3 is 4.74 Å². The molecule has 0 spiro atoms. The fourth-order valence-electron chi connectivity index (χ4n) is 2.00. The Labute approximate surface area is 129 Å². The highest BCUT2D eigenvalue weighted by atomic mass is 19.4. The second-order valence-electron chi connectivity index (χ2n) is 4.96. The minimum atomic E-state index is -7.00. The molecule has 0 saturated heterocycles. The Kier molecular flexibility index (Phi) is 4.90. The quantitative estimate of drug-likeness (QED) is 0.423. The van der Waals surface area contributed by atoms with Gasteiger partial charge in [-0.25, -0.2) is 4.79 Å². The summed E-state index contributed by atoms with van der Waals surface area (Å²) in [6.07, 6.45) is -21.0. The lowest BCUT2D eigenvalue weighted by Crippen LogP contribution is -2.65. The number of esters is 1. The summed E-state index contributed by atoms with van der Waals surface area (Å²) in [6.45, 7) is 2.71. The highest BCUT2D eigenvalue weighted by Crippen LogP contribution is 2.59. The van der Waals surface area contributed by atoms with E-state index in [9.17, 15) is 44.3 Å². The summed E-state index contributed by atoms with van der Waals surface area (Å²) in [5.74, 6) is -4.38. The van der Waals surface area contributed by atoms with Crippen LogP contribution in [-0.4, -0.2) is 24.5 Å². The number of benzene rings is 1. The lowest BCUT2D eigenvalue weighted by Gasteiger charge is -2.35. The maximum Gasteiger partial charge on any atom is 0.423 e. The van der Waals surface area contributed by atoms with Crippen molar-refractivity contribution >= 4 is 5.97 Å². The molecule has 0 atom stereocenters. The van der Waals surface area contributed by atoms with Crippen molar-refractivity contribution in [3.63, 3.8) is 0 Å².